The fraction of sp³-hybridized carbons (Fsp3) is 0.333. The highest BCUT2D eigenvalue weighted by Crippen LogP contribution is 2.14. The lowest BCUT2D eigenvalue weighted by Crippen LogP contribution is -2.33. The SMILES string of the molecule is O=C(O)C(F)(F)F.O=C(c1ccncc1)N1CCc2nnc(Cn3cccn3)n2CC1. The van der Waals surface area contributed by atoms with Crippen LogP contribution in [0.4, 0.5) is 13.2 Å². The van der Waals surface area contributed by atoms with E-state index in [9.17, 15) is 18.0 Å². The van der Waals surface area contributed by atoms with E-state index in [0.29, 0.717) is 38.2 Å². The monoisotopic (exact) mass is 437 g/mol. The molecular formula is C18H18F3N7O3. The number of pyridine rings is 1. The smallest absolute Gasteiger partial charge is 0.475 e. The molecule has 0 saturated carbocycles. The molecule has 0 spiro atoms. The van der Waals surface area contributed by atoms with E-state index in [1.807, 2.05) is 21.8 Å². The second kappa shape index (κ2) is 9.36. The van der Waals surface area contributed by atoms with E-state index in [1.54, 1.807) is 30.7 Å². The van der Waals surface area contributed by atoms with Crippen LogP contribution in [0.1, 0.15) is 22.0 Å². The topological polar surface area (TPSA) is 119 Å². The minimum absolute atomic E-state index is 0.0322. The van der Waals surface area contributed by atoms with E-state index in [0.717, 1.165) is 11.6 Å². The van der Waals surface area contributed by atoms with Gasteiger partial charge in [-0.2, -0.15) is 18.3 Å². The molecule has 0 saturated heterocycles. The minimum atomic E-state index is -5.08. The summed E-state index contributed by atoms with van der Waals surface area (Å²) in [6, 6.07) is 5.38. The average Bonchev–Trinajstić information content (AvgIpc) is 3.33. The van der Waals surface area contributed by atoms with Crippen LogP contribution in [0.3, 0.4) is 0 Å². The van der Waals surface area contributed by atoms with Gasteiger partial charge >= 0.3 is 12.1 Å². The summed E-state index contributed by atoms with van der Waals surface area (Å²) in [4.78, 5) is 27.3. The van der Waals surface area contributed by atoms with Gasteiger partial charge in [0.25, 0.3) is 5.91 Å². The van der Waals surface area contributed by atoms with Crippen molar-refractivity contribution in [2.75, 3.05) is 13.1 Å². The van der Waals surface area contributed by atoms with Crippen LogP contribution in [0.25, 0.3) is 0 Å². The van der Waals surface area contributed by atoms with Gasteiger partial charge in [0.2, 0.25) is 0 Å². The molecule has 0 radical (unpaired) electrons. The summed E-state index contributed by atoms with van der Waals surface area (Å²) < 4.78 is 35.7. The zero-order valence-corrected chi connectivity index (χ0v) is 16.1. The molecule has 0 aliphatic carbocycles. The molecule has 4 heterocycles. The second-order valence-corrected chi connectivity index (χ2v) is 6.47. The third-order valence-corrected chi connectivity index (χ3v) is 4.42. The number of hydrogen-bond acceptors (Lipinski definition) is 6. The molecule has 0 fully saturated rings. The summed E-state index contributed by atoms with van der Waals surface area (Å²) in [6.45, 7) is 2.55. The standard InChI is InChI=1S/C16H17N7O.C2HF3O2/c24-16(13-2-6-17-7-3-13)21-9-4-14-19-20-15(23(14)11-10-21)12-22-8-1-5-18-22;3-2(4,5)1(6)7/h1-3,5-8H,4,9-12H2;(H,6,7). The van der Waals surface area contributed by atoms with E-state index >= 15 is 0 Å². The van der Waals surface area contributed by atoms with E-state index in [-0.39, 0.29) is 5.91 Å². The molecule has 31 heavy (non-hydrogen) atoms. The Morgan fingerprint density at radius 2 is 1.77 bits per heavy atom. The van der Waals surface area contributed by atoms with Crippen LogP contribution in [-0.2, 0) is 24.3 Å². The molecule has 1 N–H and O–H groups in total. The van der Waals surface area contributed by atoms with Crippen LogP contribution in [0.5, 0.6) is 0 Å². The van der Waals surface area contributed by atoms with Crippen LogP contribution in [0.15, 0.2) is 43.0 Å². The first kappa shape index (κ1) is 21.9. The number of carboxylic acids is 1. The Labute approximate surface area is 173 Å². The summed E-state index contributed by atoms with van der Waals surface area (Å²) in [7, 11) is 0. The number of rotatable bonds is 3. The van der Waals surface area contributed by atoms with Gasteiger partial charge in [0, 0.05) is 56.4 Å². The normalized spacial score (nSPS) is 13.6. The van der Waals surface area contributed by atoms with E-state index in [4.69, 9.17) is 9.90 Å². The maximum atomic E-state index is 12.6. The fourth-order valence-electron chi connectivity index (χ4n) is 2.92. The molecule has 164 valence electrons. The van der Waals surface area contributed by atoms with Gasteiger partial charge < -0.3 is 14.6 Å². The Kier molecular flexibility index (Phi) is 6.62. The first-order chi connectivity index (χ1) is 14.8. The molecule has 0 atom stereocenters. The Morgan fingerprint density at radius 1 is 1.06 bits per heavy atom. The molecule has 1 aliphatic rings. The molecule has 13 heteroatoms. The maximum Gasteiger partial charge on any atom is 0.490 e. The largest absolute Gasteiger partial charge is 0.490 e. The van der Waals surface area contributed by atoms with Crippen molar-refractivity contribution in [3.05, 3.63) is 60.2 Å². The van der Waals surface area contributed by atoms with E-state index < -0.39 is 12.1 Å². The highest BCUT2D eigenvalue weighted by molar-refractivity contribution is 5.94. The molecule has 1 aliphatic heterocycles. The molecule has 3 aromatic rings. The van der Waals surface area contributed by atoms with Crippen molar-refractivity contribution in [1.29, 1.82) is 0 Å². The quantitative estimate of drug-likeness (QED) is 0.655. The number of carbonyl (C=O) groups excluding carboxylic acids is 1. The fourth-order valence-corrected chi connectivity index (χ4v) is 2.92. The third-order valence-electron chi connectivity index (χ3n) is 4.42. The average molecular weight is 437 g/mol. The number of alkyl halides is 3. The van der Waals surface area contributed by atoms with Crippen molar-refractivity contribution in [1.82, 2.24) is 34.4 Å². The van der Waals surface area contributed by atoms with Crippen LogP contribution in [0.2, 0.25) is 0 Å². The Morgan fingerprint density at radius 3 is 2.39 bits per heavy atom. The Balaban J connectivity index is 0.000000339. The summed E-state index contributed by atoms with van der Waals surface area (Å²) in [5.41, 5.74) is 0.666. The zero-order chi connectivity index (χ0) is 22.4. The van der Waals surface area contributed by atoms with Crippen LogP contribution < -0.4 is 0 Å². The van der Waals surface area contributed by atoms with Gasteiger partial charge in [-0.1, -0.05) is 0 Å². The molecule has 3 aromatic heterocycles. The first-order valence-corrected chi connectivity index (χ1v) is 9.13. The van der Waals surface area contributed by atoms with Crippen molar-refractivity contribution in [2.24, 2.45) is 0 Å². The van der Waals surface area contributed by atoms with Gasteiger partial charge in [0.15, 0.2) is 5.82 Å². The lowest BCUT2D eigenvalue weighted by molar-refractivity contribution is -0.192. The summed E-state index contributed by atoms with van der Waals surface area (Å²) >= 11 is 0. The van der Waals surface area contributed by atoms with Crippen molar-refractivity contribution >= 4 is 11.9 Å². The van der Waals surface area contributed by atoms with E-state index in [2.05, 4.69) is 24.8 Å². The van der Waals surface area contributed by atoms with Crippen molar-refractivity contribution in [2.45, 2.75) is 25.7 Å². The molecule has 10 nitrogen and oxygen atoms in total. The first-order valence-electron chi connectivity index (χ1n) is 9.13. The highest BCUT2D eigenvalue weighted by atomic mass is 19.4. The molecular weight excluding hydrogens is 419 g/mol. The number of hydrogen-bond donors (Lipinski definition) is 1. The van der Waals surface area contributed by atoms with Crippen LogP contribution >= 0.6 is 0 Å². The molecule has 0 bridgehead atoms. The number of halogens is 3. The molecule has 0 unspecified atom stereocenters. The number of carbonyl (C=O) groups is 2. The predicted octanol–water partition coefficient (Wildman–Crippen LogP) is 1.25. The summed E-state index contributed by atoms with van der Waals surface area (Å²) in [5, 5.41) is 19.9. The minimum Gasteiger partial charge on any atom is -0.475 e. The maximum absolute atomic E-state index is 12.6. The molecule has 0 aromatic carbocycles. The Bertz CT molecular complexity index is 1020. The van der Waals surface area contributed by atoms with Gasteiger partial charge in [-0.25, -0.2) is 4.79 Å². The van der Waals surface area contributed by atoms with Crippen LogP contribution in [-0.4, -0.2) is 70.7 Å². The zero-order valence-electron chi connectivity index (χ0n) is 16.1. The second-order valence-electron chi connectivity index (χ2n) is 6.47. The van der Waals surface area contributed by atoms with Gasteiger partial charge in [-0.3, -0.25) is 14.5 Å². The van der Waals surface area contributed by atoms with Gasteiger partial charge in [0.05, 0.1) is 0 Å². The van der Waals surface area contributed by atoms with Gasteiger partial charge in [-0.05, 0) is 18.2 Å². The van der Waals surface area contributed by atoms with Crippen LogP contribution in [0, 0.1) is 0 Å². The number of carboxylic acid groups (broad SMARTS) is 1. The van der Waals surface area contributed by atoms with Crippen molar-refractivity contribution < 1.29 is 27.9 Å². The van der Waals surface area contributed by atoms with Gasteiger partial charge in [-0.15, -0.1) is 10.2 Å². The number of fused-ring (bicyclic) bond motifs is 1. The number of nitrogens with zero attached hydrogens (tertiary/aromatic N) is 7. The van der Waals surface area contributed by atoms with Crippen molar-refractivity contribution in [3.63, 3.8) is 0 Å². The summed E-state index contributed by atoms with van der Waals surface area (Å²) in [6.07, 6.45) is 2.54. The third kappa shape index (κ3) is 5.65. The predicted molar refractivity (Wildman–Crippen MR) is 98.9 cm³/mol. The molecule has 4 rings (SSSR count). The number of aliphatic carboxylic acids is 1. The van der Waals surface area contributed by atoms with E-state index in [1.165, 1.54) is 0 Å². The number of aromatic nitrogens is 6. The lowest BCUT2D eigenvalue weighted by Gasteiger charge is -2.20. The number of amides is 1. The highest BCUT2D eigenvalue weighted by Gasteiger charge is 2.38. The van der Waals surface area contributed by atoms with Gasteiger partial charge in [0.1, 0.15) is 12.4 Å². The lowest BCUT2D eigenvalue weighted by atomic mass is 10.2. The van der Waals surface area contributed by atoms with Crippen molar-refractivity contribution in [3.8, 4) is 0 Å². The summed E-state index contributed by atoms with van der Waals surface area (Å²) in [5.74, 6) is -0.939. The Hall–Kier alpha value is -3.77. The molecule has 1 amide bonds.